The van der Waals surface area contributed by atoms with E-state index < -0.39 is 29.7 Å². The summed E-state index contributed by atoms with van der Waals surface area (Å²) >= 11 is 0. The van der Waals surface area contributed by atoms with Gasteiger partial charge in [0.15, 0.2) is 5.65 Å². The Balaban J connectivity index is 0.750. The van der Waals surface area contributed by atoms with Crippen molar-refractivity contribution in [1.82, 2.24) is 39.5 Å². The lowest BCUT2D eigenvalue weighted by molar-refractivity contribution is -0.136. The smallest absolute Gasteiger partial charge is 0.262 e. The second-order valence-electron chi connectivity index (χ2n) is 16.3. The highest BCUT2D eigenvalue weighted by atomic mass is 16.5. The summed E-state index contributed by atoms with van der Waals surface area (Å²) in [7, 11) is 2.02. The maximum atomic E-state index is 13.9. The Labute approximate surface area is 332 Å². The predicted molar refractivity (Wildman–Crippen MR) is 207 cm³/mol. The summed E-state index contributed by atoms with van der Waals surface area (Å²) in [6.45, 7) is 6.25. The number of fused-ring (bicyclic) bond motifs is 3. The van der Waals surface area contributed by atoms with Gasteiger partial charge in [0.25, 0.3) is 23.6 Å². The Hall–Kier alpha value is -6.20. The number of carbonyl (C=O) groups excluding carboxylic acids is 6. The minimum atomic E-state index is -0.988. The number of aromatic nitrogens is 3. The predicted octanol–water partition coefficient (Wildman–Crippen LogP) is 1.63. The number of ether oxygens (including phenoxy) is 1. The highest BCUT2D eigenvalue weighted by Crippen LogP contribution is 2.38. The van der Waals surface area contributed by atoms with Crippen LogP contribution in [0.5, 0.6) is 5.75 Å². The van der Waals surface area contributed by atoms with Gasteiger partial charge >= 0.3 is 0 Å². The molecule has 4 fully saturated rings. The number of hydrogen-bond acceptors (Lipinski definition) is 12. The number of nitrogens with zero attached hydrogens (tertiary/aromatic N) is 8. The SMILES string of the molecule is CN1CC(Oc2cc3c(cc2NC(=O)c2cnn4cccnc24)CN(C2CCN(CC4CN(c5ccc6c(c5)C(=O)N(C5CCC(=O)NC5=O)C6=O)C4)CC2)C3=O)C1. The van der Waals surface area contributed by atoms with Crippen LogP contribution in [0.1, 0.15) is 72.7 Å². The van der Waals surface area contributed by atoms with Gasteiger partial charge in [0.1, 0.15) is 23.5 Å². The molecule has 4 saturated heterocycles. The fourth-order valence-corrected chi connectivity index (χ4v) is 9.26. The molecule has 2 aromatic heterocycles. The highest BCUT2D eigenvalue weighted by molar-refractivity contribution is 6.23. The molecule has 0 aliphatic carbocycles. The van der Waals surface area contributed by atoms with E-state index in [9.17, 15) is 28.8 Å². The van der Waals surface area contributed by atoms with Crippen molar-refractivity contribution in [3.05, 3.63) is 82.8 Å². The number of carbonyl (C=O) groups is 6. The van der Waals surface area contributed by atoms with Gasteiger partial charge in [0.2, 0.25) is 11.8 Å². The van der Waals surface area contributed by atoms with E-state index in [1.165, 1.54) is 6.20 Å². The zero-order valence-electron chi connectivity index (χ0n) is 31.9. The number of hydrogen-bond donors (Lipinski definition) is 2. The molecule has 1 unspecified atom stereocenters. The number of imide groups is 2. The first-order chi connectivity index (χ1) is 28.1. The molecule has 1 atom stereocenters. The Bertz CT molecular complexity index is 2410. The lowest BCUT2D eigenvalue weighted by atomic mass is 9.95. The first-order valence-corrected chi connectivity index (χ1v) is 19.8. The quantitative estimate of drug-likeness (QED) is 0.235. The average Bonchev–Trinajstić information content (AvgIpc) is 3.84. The van der Waals surface area contributed by atoms with E-state index in [1.807, 2.05) is 24.1 Å². The van der Waals surface area contributed by atoms with Crippen molar-refractivity contribution in [3.8, 4) is 5.75 Å². The zero-order valence-corrected chi connectivity index (χ0v) is 31.9. The molecule has 298 valence electrons. The number of likely N-dealkylation sites (N-methyl/N-ethyl adjacent to an activating group) is 1. The van der Waals surface area contributed by atoms with Gasteiger partial charge in [0.05, 0.1) is 23.0 Å². The van der Waals surface area contributed by atoms with Gasteiger partial charge in [-0.3, -0.25) is 43.9 Å². The number of anilines is 2. The van der Waals surface area contributed by atoms with Gasteiger partial charge in [-0.15, -0.1) is 0 Å². The summed E-state index contributed by atoms with van der Waals surface area (Å²) < 4.78 is 7.90. The van der Waals surface area contributed by atoms with E-state index in [0.717, 1.165) is 74.8 Å². The zero-order chi connectivity index (χ0) is 39.8. The molecule has 2 aromatic carbocycles. The Morgan fingerprint density at radius 3 is 2.50 bits per heavy atom. The highest BCUT2D eigenvalue weighted by Gasteiger charge is 2.45. The van der Waals surface area contributed by atoms with Gasteiger partial charge in [-0.25, -0.2) is 9.50 Å². The minimum absolute atomic E-state index is 0.0156. The molecule has 0 radical (unpaired) electrons. The number of benzene rings is 2. The molecule has 6 amide bonds. The van der Waals surface area contributed by atoms with Crippen LogP contribution >= 0.6 is 0 Å². The van der Waals surface area contributed by atoms with Crippen molar-refractivity contribution in [2.24, 2.45) is 5.92 Å². The number of amides is 6. The lowest BCUT2D eigenvalue weighted by Gasteiger charge is -2.45. The van der Waals surface area contributed by atoms with E-state index in [1.54, 1.807) is 41.2 Å². The van der Waals surface area contributed by atoms with Crippen molar-refractivity contribution in [2.45, 2.75) is 50.4 Å². The molecule has 8 heterocycles. The van der Waals surface area contributed by atoms with Crippen LogP contribution in [0.2, 0.25) is 0 Å². The third-order valence-corrected chi connectivity index (χ3v) is 12.4. The van der Waals surface area contributed by atoms with Gasteiger partial charge in [-0.2, -0.15) is 5.10 Å². The fraction of sp³-hybridized carbons (Fsp3) is 0.415. The maximum Gasteiger partial charge on any atom is 0.262 e. The van der Waals surface area contributed by atoms with Crippen LogP contribution in [0.4, 0.5) is 11.4 Å². The van der Waals surface area contributed by atoms with Crippen molar-refractivity contribution >= 4 is 52.5 Å². The number of piperidine rings is 2. The molecule has 0 spiro atoms. The molecule has 10 rings (SSSR count). The largest absolute Gasteiger partial charge is 0.486 e. The summed E-state index contributed by atoms with van der Waals surface area (Å²) in [5.41, 5.74) is 4.19. The number of nitrogens with one attached hydrogen (secondary N) is 2. The lowest BCUT2D eigenvalue weighted by Crippen LogP contribution is -2.54. The molecule has 17 nitrogen and oxygen atoms in total. The van der Waals surface area contributed by atoms with Crippen molar-refractivity contribution < 1.29 is 33.5 Å². The van der Waals surface area contributed by atoms with Gasteiger partial charge < -0.3 is 24.8 Å². The molecular weight excluding hydrogens is 745 g/mol. The van der Waals surface area contributed by atoms with E-state index in [2.05, 4.69) is 35.4 Å². The van der Waals surface area contributed by atoms with Crippen LogP contribution in [0.25, 0.3) is 5.65 Å². The second kappa shape index (κ2) is 14.0. The van der Waals surface area contributed by atoms with Crippen molar-refractivity contribution in [1.29, 1.82) is 0 Å². The standard InChI is InChI=1S/C41H42N10O7/c1-46-21-27(22-46)58-34-15-29-24(13-32(34)44-37(53)31-16-43-50-10-2-9-42-36(31)50)20-49(39(29)55)25-7-11-47(12-8-25)17-23-18-48(19-23)26-3-4-28-30(14-26)41(57)51(40(28)56)33-5-6-35(52)45-38(33)54/h2-4,9-10,13-16,23,25,27,33H,5-8,11-12,17-22H2,1H3,(H,44,53)(H,45,52,54). The molecule has 2 N–H and O–H groups in total. The molecular formula is C41H42N10O7. The normalized spacial score (nSPS) is 22.0. The molecule has 6 aliphatic heterocycles. The van der Waals surface area contributed by atoms with E-state index in [-0.39, 0.29) is 47.9 Å². The monoisotopic (exact) mass is 786 g/mol. The fourth-order valence-electron chi connectivity index (χ4n) is 9.26. The molecule has 4 aromatic rings. The van der Waals surface area contributed by atoms with Crippen LogP contribution in [0.15, 0.2) is 55.0 Å². The van der Waals surface area contributed by atoms with Gasteiger partial charge in [-0.05, 0) is 68.3 Å². The molecule has 0 bridgehead atoms. The Kier molecular flexibility index (Phi) is 8.74. The van der Waals surface area contributed by atoms with Crippen LogP contribution in [-0.4, -0.2) is 141 Å². The molecule has 17 heteroatoms. The topological polar surface area (TPSA) is 182 Å². The van der Waals surface area contributed by atoms with E-state index >= 15 is 0 Å². The number of rotatable bonds is 9. The van der Waals surface area contributed by atoms with E-state index in [0.29, 0.717) is 40.7 Å². The molecule has 6 aliphatic rings. The summed E-state index contributed by atoms with van der Waals surface area (Å²) in [5, 5.41) is 9.51. The summed E-state index contributed by atoms with van der Waals surface area (Å²) in [6, 6.07) is 9.77. The third kappa shape index (κ3) is 6.25. The van der Waals surface area contributed by atoms with Crippen molar-refractivity contribution in [3.63, 3.8) is 0 Å². The van der Waals surface area contributed by atoms with Gasteiger partial charge in [-0.1, -0.05) is 0 Å². The van der Waals surface area contributed by atoms with Crippen molar-refractivity contribution in [2.75, 3.05) is 63.1 Å². The molecule has 58 heavy (non-hydrogen) atoms. The Morgan fingerprint density at radius 2 is 1.72 bits per heavy atom. The summed E-state index contributed by atoms with van der Waals surface area (Å²) in [4.78, 5) is 92.0. The van der Waals surface area contributed by atoms with Crippen LogP contribution in [-0.2, 0) is 16.1 Å². The second-order valence-corrected chi connectivity index (χ2v) is 16.3. The summed E-state index contributed by atoms with van der Waals surface area (Å²) in [6.07, 6.45) is 6.70. The maximum absolute atomic E-state index is 13.9. The Morgan fingerprint density at radius 1 is 0.931 bits per heavy atom. The van der Waals surface area contributed by atoms with Crippen LogP contribution in [0.3, 0.4) is 0 Å². The molecule has 0 saturated carbocycles. The van der Waals surface area contributed by atoms with Crippen LogP contribution < -0.4 is 20.3 Å². The minimum Gasteiger partial charge on any atom is -0.486 e. The first kappa shape index (κ1) is 36.2. The van der Waals surface area contributed by atoms with E-state index in [4.69, 9.17) is 4.74 Å². The van der Waals surface area contributed by atoms with Gasteiger partial charge in [0, 0.05) is 94.4 Å². The summed E-state index contributed by atoms with van der Waals surface area (Å²) in [5.74, 6) is -1.50. The number of likely N-dealkylation sites (tertiary alicyclic amines) is 2. The first-order valence-electron chi connectivity index (χ1n) is 19.8. The third-order valence-electron chi connectivity index (χ3n) is 12.4. The van der Waals surface area contributed by atoms with Crippen LogP contribution in [0, 0.1) is 5.92 Å². The average molecular weight is 787 g/mol.